The van der Waals surface area contributed by atoms with E-state index in [4.69, 9.17) is 0 Å². The maximum atomic E-state index is 11.8. The second kappa shape index (κ2) is 6.74. The number of aromatic nitrogens is 2. The summed E-state index contributed by atoms with van der Waals surface area (Å²) in [7, 11) is 1.93. The minimum atomic E-state index is -0.0930. The van der Waals surface area contributed by atoms with Gasteiger partial charge in [0.15, 0.2) is 0 Å². The quantitative estimate of drug-likeness (QED) is 0.800. The Morgan fingerprint density at radius 3 is 2.67 bits per heavy atom. The molecule has 0 aliphatic rings. The number of carbonyl (C=O) groups excluding carboxylic acids is 1. The van der Waals surface area contributed by atoms with E-state index in [0.29, 0.717) is 18.7 Å². The fourth-order valence-electron chi connectivity index (χ4n) is 1.92. The van der Waals surface area contributed by atoms with Gasteiger partial charge in [0.1, 0.15) is 0 Å². The van der Waals surface area contributed by atoms with Crippen LogP contribution >= 0.6 is 0 Å². The van der Waals surface area contributed by atoms with Crippen LogP contribution in [0.1, 0.15) is 21.6 Å². The van der Waals surface area contributed by atoms with E-state index in [9.17, 15) is 4.79 Å². The highest BCUT2D eigenvalue weighted by Crippen LogP contribution is 2.13. The first-order chi connectivity index (χ1) is 10.1. The minimum absolute atomic E-state index is 0.0930. The Labute approximate surface area is 124 Å². The van der Waals surface area contributed by atoms with E-state index in [1.807, 2.05) is 37.0 Å². The van der Waals surface area contributed by atoms with Crippen LogP contribution in [0.5, 0.6) is 0 Å². The van der Waals surface area contributed by atoms with E-state index in [-0.39, 0.29) is 5.91 Å². The molecule has 1 amide bonds. The number of hydrogen-bond acceptors (Lipinski definition) is 3. The third-order valence-corrected chi connectivity index (χ3v) is 3.37. The van der Waals surface area contributed by atoms with Gasteiger partial charge in [-0.3, -0.25) is 9.48 Å². The molecule has 0 fully saturated rings. The summed E-state index contributed by atoms with van der Waals surface area (Å²) in [6.45, 7) is 6.79. The lowest BCUT2D eigenvalue weighted by atomic mass is 10.2. The van der Waals surface area contributed by atoms with Crippen molar-refractivity contribution in [3.63, 3.8) is 0 Å². The second-order valence-corrected chi connectivity index (χ2v) is 4.81. The molecule has 2 N–H and O–H groups in total. The molecule has 110 valence electrons. The topological polar surface area (TPSA) is 59.0 Å². The zero-order valence-corrected chi connectivity index (χ0v) is 12.4. The Hall–Kier alpha value is -2.56. The normalized spacial score (nSPS) is 10.2. The van der Waals surface area contributed by atoms with E-state index >= 15 is 0 Å². The Morgan fingerprint density at radius 2 is 2.10 bits per heavy atom. The van der Waals surface area contributed by atoms with Crippen molar-refractivity contribution in [3.05, 3.63) is 59.9 Å². The monoisotopic (exact) mass is 284 g/mol. The highest BCUT2D eigenvalue weighted by Gasteiger charge is 2.05. The number of rotatable bonds is 6. The summed E-state index contributed by atoms with van der Waals surface area (Å²) in [6.07, 6.45) is 3.52. The van der Waals surface area contributed by atoms with Crippen LogP contribution in [0.3, 0.4) is 0 Å². The maximum absolute atomic E-state index is 11.8. The molecule has 1 heterocycles. The number of aryl methyl sites for hydroxylation is 1. The Morgan fingerprint density at radius 1 is 1.38 bits per heavy atom. The van der Waals surface area contributed by atoms with Crippen molar-refractivity contribution in [2.45, 2.75) is 13.5 Å². The molecule has 1 aromatic heterocycles. The Balaban J connectivity index is 1.95. The second-order valence-electron chi connectivity index (χ2n) is 4.81. The number of hydrogen-bond donors (Lipinski definition) is 2. The van der Waals surface area contributed by atoms with E-state index in [1.54, 1.807) is 18.2 Å². The SMILES string of the molecule is C=CCNC(=O)c1ccc(NCc2cnn(C)c2C)cc1. The molecule has 0 spiro atoms. The van der Waals surface area contributed by atoms with Crippen molar-refractivity contribution in [1.29, 1.82) is 0 Å². The number of nitrogens with one attached hydrogen (secondary N) is 2. The van der Waals surface area contributed by atoms with Crippen LogP contribution in [0.15, 0.2) is 43.1 Å². The average molecular weight is 284 g/mol. The standard InChI is InChI=1S/C16H20N4O/c1-4-9-17-16(21)13-5-7-15(8-6-13)18-10-14-11-19-20(3)12(14)2/h4-8,11,18H,1,9-10H2,2-3H3,(H,17,21). The number of benzene rings is 1. The van der Waals surface area contributed by atoms with Gasteiger partial charge in [-0.05, 0) is 31.2 Å². The molecular weight excluding hydrogens is 264 g/mol. The molecular formula is C16H20N4O. The van der Waals surface area contributed by atoms with Crippen LogP contribution < -0.4 is 10.6 Å². The maximum Gasteiger partial charge on any atom is 0.251 e. The summed E-state index contributed by atoms with van der Waals surface area (Å²) in [6, 6.07) is 7.40. The first kappa shape index (κ1) is 14.8. The van der Waals surface area contributed by atoms with E-state index in [0.717, 1.165) is 16.9 Å². The summed E-state index contributed by atoms with van der Waals surface area (Å²) in [5.41, 5.74) is 3.91. The molecule has 5 heteroatoms. The highest BCUT2D eigenvalue weighted by molar-refractivity contribution is 5.94. The lowest BCUT2D eigenvalue weighted by Gasteiger charge is -2.07. The lowest BCUT2D eigenvalue weighted by molar-refractivity contribution is 0.0958. The molecule has 0 saturated heterocycles. The number of carbonyl (C=O) groups is 1. The Bertz CT molecular complexity index is 628. The largest absolute Gasteiger partial charge is 0.381 e. The van der Waals surface area contributed by atoms with Crippen LogP contribution in [0, 0.1) is 6.92 Å². The van der Waals surface area contributed by atoms with E-state index in [1.165, 1.54) is 0 Å². The zero-order chi connectivity index (χ0) is 15.2. The van der Waals surface area contributed by atoms with Crippen molar-refractivity contribution >= 4 is 11.6 Å². The van der Waals surface area contributed by atoms with E-state index in [2.05, 4.69) is 22.3 Å². The fraction of sp³-hybridized carbons (Fsp3) is 0.250. The molecule has 0 aliphatic carbocycles. The molecule has 2 rings (SSSR count). The van der Waals surface area contributed by atoms with Crippen LogP contribution in [-0.2, 0) is 13.6 Å². The molecule has 2 aromatic rings. The third kappa shape index (κ3) is 3.72. The van der Waals surface area contributed by atoms with Gasteiger partial charge in [-0.1, -0.05) is 6.08 Å². The van der Waals surface area contributed by atoms with Gasteiger partial charge in [0, 0.05) is 42.6 Å². The number of anilines is 1. The minimum Gasteiger partial charge on any atom is -0.381 e. The van der Waals surface area contributed by atoms with Gasteiger partial charge in [-0.2, -0.15) is 5.10 Å². The van der Waals surface area contributed by atoms with Crippen molar-refractivity contribution in [2.75, 3.05) is 11.9 Å². The molecule has 5 nitrogen and oxygen atoms in total. The van der Waals surface area contributed by atoms with Gasteiger partial charge in [0.05, 0.1) is 6.20 Å². The summed E-state index contributed by atoms with van der Waals surface area (Å²) < 4.78 is 1.85. The fourth-order valence-corrected chi connectivity index (χ4v) is 1.92. The summed E-state index contributed by atoms with van der Waals surface area (Å²) in [5, 5.41) is 10.3. The molecule has 0 unspecified atom stereocenters. The number of amides is 1. The summed E-state index contributed by atoms with van der Waals surface area (Å²) in [4.78, 5) is 11.8. The van der Waals surface area contributed by atoms with Crippen molar-refractivity contribution in [2.24, 2.45) is 7.05 Å². The smallest absolute Gasteiger partial charge is 0.251 e. The molecule has 1 aromatic carbocycles. The predicted molar refractivity (Wildman–Crippen MR) is 84.2 cm³/mol. The molecule has 0 saturated carbocycles. The van der Waals surface area contributed by atoms with Crippen LogP contribution in [0.2, 0.25) is 0 Å². The molecule has 0 aliphatic heterocycles. The predicted octanol–water partition coefficient (Wildman–Crippen LogP) is 2.26. The molecule has 21 heavy (non-hydrogen) atoms. The van der Waals surface area contributed by atoms with Crippen molar-refractivity contribution < 1.29 is 4.79 Å². The molecule has 0 bridgehead atoms. The molecule has 0 radical (unpaired) electrons. The van der Waals surface area contributed by atoms with Crippen LogP contribution in [-0.4, -0.2) is 22.2 Å². The van der Waals surface area contributed by atoms with Gasteiger partial charge in [0.2, 0.25) is 0 Å². The first-order valence-electron chi connectivity index (χ1n) is 6.82. The van der Waals surface area contributed by atoms with Gasteiger partial charge in [-0.15, -0.1) is 6.58 Å². The zero-order valence-electron chi connectivity index (χ0n) is 12.4. The Kier molecular flexibility index (Phi) is 4.77. The van der Waals surface area contributed by atoms with Gasteiger partial charge in [-0.25, -0.2) is 0 Å². The van der Waals surface area contributed by atoms with Crippen molar-refractivity contribution in [1.82, 2.24) is 15.1 Å². The van der Waals surface area contributed by atoms with Crippen LogP contribution in [0.4, 0.5) is 5.69 Å². The summed E-state index contributed by atoms with van der Waals surface area (Å²) >= 11 is 0. The van der Waals surface area contributed by atoms with Gasteiger partial charge in [0.25, 0.3) is 5.91 Å². The summed E-state index contributed by atoms with van der Waals surface area (Å²) in [5.74, 6) is -0.0930. The highest BCUT2D eigenvalue weighted by atomic mass is 16.1. The first-order valence-corrected chi connectivity index (χ1v) is 6.82. The van der Waals surface area contributed by atoms with Crippen molar-refractivity contribution in [3.8, 4) is 0 Å². The number of nitrogens with zero attached hydrogens (tertiary/aromatic N) is 2. The third-order valence-electron chi connectivity index (χ3n) is 3.37. The average Bonchev–Trinajstić information content (AvgIpc) is 2.83. The van der Waals surface area contributed by atoms with Crippen LogP contribution in [0.25, 0.3) is 0 Å². The van der Waals surface area contributed by atoms with Gasteiger partial charge < -0.3 is 10.6 Å². The lowest BCUT2D eigenvalue weighted by Crippen LogP contribution is -2.23. The van der Waals surface area contributed by atoms with Gasteiger partial charge >= 0.3 is 0 Å². The van der Waals surface area contributed by atoms with E-state index < -0.39 is 0 Å². The molecule has 0 atom stereocenters.